The Kier molecular flexibility index (Phi) is 6.07. The Labute approximate surface area is 177 Å². The van der Waals surface area contributed by atoms with Crippen LogP contribution in [0.4, 0.5) is 11.4 Å². The van der Waals surface area contributed by atoms with Crippen molar-refractivity contribution in [3.05, 3.63) is 74.9 Å². The molecule has 0 aliphatic carbocycles. The number of hydrogen-bond donors (Lipinski definition) is 2. The van der Waals surface area contributed by atoms with Gasteiger partial charge in [-0.3, -0.25) is 9.59 Å². The molecule has 0 unspecified atom stereocenters. The van der Waals surface area contributed by atoms with E-state index in [4.69, 9.17) is 11.6 Å². The summed E-state index contributed by atoms with van der Waals surface area (Å²) >= 11 is 7.59. The second-order valence-corrected chi connectivity index (χ2v) is 9.67. The number of aryl methyl sites for hydroxylation is 1. The first-order chi connectivity index (χ1) is 13.6. The van der Waals surface area contributed by atoms with Gasteiger partial charge in [0.25, 0.3) is 11.8 Å². The Balaban J connectivity index is 1.75. The summed E-state index contributed by atoms with van der Waals surface area (Å²) in [5.74, 6) is -0.730. The Bertz CT molecular complexity index is 1200. The van der Waals surface area contributed by atoms with Crippen molar-refractivity contribution in [3.8, 4) is 0 Å². The fourth-order valence-electron chi connectivity index (χ4n) is 2.55. The zero-order valence-corrected chi connectivity index (χ0v) is 17.9. The van der Waals surface area contributed by atoms with Crippen molar-refractivity contribution in [3.63, 3.8) is 0 Å². The van der Waals surface area contributed by atoms with E-state index in [2.05, 4.69) is 10.6 Å². The second kappa shape index (κ2) is 8.36. The summed E-state index contributed by atoms with van der Waals surface area (Å²) in [7, 11) is -3.42. The van der Waals surface area contributed by atoms with Gasteiger partial charge in [-0.15, -0.1) is 11.3 Å². The van der Waals surface area contributed by atoms with Gasteiger partial charge in [0.2, 0.25) is 0 Å². The van der Waals surface area contributed by atoms with Crippen LogP contribution in [0.25, 0.3) is 0 Å². The van der Waals surface area contributed by atoms with Gasteiger partial charge in [0.05, 0.1) is 20.5 Å². The van der Waals surface area contributed by atoms with E-state index in [0.717, 1.165) is 11.8 Å². The van der Waals surface area contributed by atoms with E-state index >= 15 is 0 Å². The summed E-state index contributed by atoms with van der Waals surface area (Å²) in [5, 5.41) is 7.49. The molecule has 29 heavy (non-hydrogen) atoms. The van der Waals surface area contributed by atoms with Crippen molar-refractivity contribution in [1.29, 1.82) is 0 Å². The van der Waals surface area contributed by atoms with E-state index in [-0.39, 0.29) is 21.4 Å². The van der Waals surface area contributed by atoms with Gasteiger partial charge in [-0.1, -0.05) is 17.7 Å². The number of rotatable bonds is 5. The first kappa shape index (κ1) is 21.0. The molecule has 6 nitrogen and oxygen atoms in total. The number of thiophene rings is 1. The molecule has 0 spiro atoms. The highest BCUT2D eigenvalue weighted by atomic mass is 35.5. The molecular formula is C20H17ClN2O4S2. The van der Waals surface area contributed by atoms with Crippen molar-refractivity contribution in [2.24, 2.45) is 0 Å². The van der Waals surface area contributed by atoms with E-state index in [9.17, 15) is 18.0 Å². The van der Waals surface area contributed by atoms with Crippen LogP contribution in [0, 0.1) is 6.92 Å². The van der Waals surface area contributed by atoms with E-state index in [1.165, 1.54) is 41.7 Å². The maximum absolute atomic E-state index is 12.5. The van der Waals surface area contributed by atoms with Gasteiger partial charge in [-0.2, -0.15) is 0 Å². The molecule has 0 fully saturated rings. The molecule has 0 aliphatic rings. The molecule has 2 amide bonds. The third-order valence-corrected chi connectivity index (χ3v) is 6.51. The van der Waals surface area contributed by atoms with Crippen molar-refractivity contribution >= 4 is 56.0 Å². The molecule has 0 saturated heterocycles. The third kappa shape index (κ3) is 5.03. The lowest BCUT2D eigenvalue weighted by Gasteiger charge is -2.11. The molecule has 0 atom stereocenters. The molecule has 1 heterocycles. The number of hydrogen-bond acceptors (Lipinski definition) is 5. The maximum Gasteiger partial charge on any atom is 0.265 e. The Morgan fingerprint density at radius 3 is 2.38 bits per heavy atom. The normalized spacial score (nSPS) is 11.1. The van der Waals surface area contributed by atoms with E-state index < -0.39 is 15.7 Å². The molecule has 3 rings (SSSR count). The quantitative estimate of drug-likeness (QED) is 0.595. The molecule has 1 aromatic heterocycles. The number of carbonyl (C=O) groups excluding carboxylic acids is 2. The zero-order valence-electron chi connectivity index (χ0n) is 15.5. The Hall–Kier alpha value is -2.68. The largest absolute Gasteiger partial charge is 0.321 e. The predicted octanol–water partition coefficient (Wildman–Crippen LogP) is 4.62. The molecule has 2 aromatic carbocycles. The first-order valence-electron chi connectivity index (χ1n) is 8.41. The Morgan fingerprint density at radius 1 is 1.00 bits per heavy atom. The van der Waals surface area contributed by atoms with Crippen LogP contribution in [-0.4, -0.2) is 26.5 Å². The van der Waals surface area contributed by atoms with Crippen LogP contribution in [0.15, 0.2) is 58.8 Å². The standard InChI is InChI=1S/C20H17ClN2O4S2/c1-12-8-9-28-18(12)20(25)22-14-6-7-17(16(21)11-14)23-19(24)13-4-3-5-15(10-13)29(2,26)27/h3-11H,1-2H3,(H,22,25)(H,23,24). The SMILES string of the molecule is Cc1ccsc1C(=O)Nc1ccc(NC(=O)c2cccc(S(C)(=O)=O)c2)c(Cl)c1. The average molecular weight is 449 g/mol. The highest BCUT2D eigenvalue weighted by Crippen LogP contribution is 2.27. The molecule has 0 bridgehead atoms. The molecule has 3 aromatic rings. The second-order valence-electron chi connectivity index (χ2n) is 6.34. The van der Waals surface area contributed by atoms with Crippen LogP contribution in [0.2, 0.25) is 5.02 Å². The number of nitrogens with one attached hydrogen (secondary N) is 2. The number of anilines is 2. The molecular weight excluding hydrogens is 432 g/mol. The smallest absolute Gasteiger partial charge is 0.265 e. The van der Waals surface area contributed by atoms with Gasteiger partial charge in [-0.25, -0.2) is 8.42 Å². The minimum Gasteiger partial charge on any atom is -0.321 e. The topological polar surface area (TPSA) is 92.3 Å². The van der Waals surface area contributed by atoms with E-state index in [0.29, 0.717) is 16.3 Å². The Morgan fingerprint density at radius 2 is 1.76 bits per heavy atom. The number of halogens is 1. The van der Waals surface area contributed by atoms with E-state index in [1.807, 2.05) is 18.4 Å². The van der Waals surface area contributed by atoms with Gasteiger partial charge >= 0.3 is 0 Å². The summed E-state index contributed by atoms with van der Waals surface area (Å²) in [5.41, 5.74) is 1.91. The molecule has 0 aliphatic heterocycles. The van der Waals surface area contributed by atoms with Crippen LogP contribution in [0.1, 0.15) is 25.6 Å². The third-order valence-electron chi connectivity index (χ3n) is 4.07. The molecule has 2 N–H and O–H groups in total. The highest BCUT2D eigenvalue weighted by molar-refractivity contribution is 7.90. The number of benzene rings is 2. The van der Waals surface area contributed by atoms with Crippen molar-refractivity contribution in [1.82, 2.24) is 0 Å². The summed E-state index contributed by atoms with van der Waals surface area (Å²) in [6.45, 7) is 1.86. The zero-order chi connectivity index (χ0) is 21.2. The summed E-state index contributed by atoms with van der Waals surface area (Å²) in [6.07, 6.45) is 1.07. The fourth-order valence-corrected chi connectivity index (χ4v) is 4.26. The molecule has 150 valence electrons. The van der Waals surface area contributed by atoms with Crippen LogP contribution in [0.3, 0.4) is 0 Å². The predicted molar refractivity (Wildman–Crippen MR) is 116 cm³/mol. The van der Waals surface area contributed by atoms with Crippen molar-refractivity contribution in [2.75, 3.05) is 16.9 Å². The van der Waals surface area contributed by atoms with Gasteiger partial charge in [0.15, 0.2) is 9.84 Å². The fraction of sp³-hybridized carbons (Fsp3) is 0.100. The van der Waals surface area contributed by atoms with Crippen LogP contribution < -0.4 is 10.6 Å². The van der Waals surface area contributed by atoms with Gasteiger partial charge in [0.1, 0.15) is 0 Å². The summed E-state index contributed by atoms with van der Waals surface area (Å²) in [4.78, 5) is 25.4. The maximum atomic E-state index is 12.5. The van der Waals surface area contributed by atoms with Crippen molar-refractivity contribution in [2.45, 2.75) is 11.8 Å². The minimum atomic E-state index is -3.42. The summed E-state index contributed by atoms with van der Waals surface area (Å²) in [6, 6.07) is 12.3. The number of carbonyl (C=O) groups is 2. The molecule has 0 radical (unpaired) electrons. The number of amides is 2. The van der Waals surface area contributed by atoms with Crippen LogP contribution in [-0.2, 0) is 9.84 Å². The monoisotopic (exact) mass is 448 g/mol. The minimum absolute atomic E-state index is 0.0539. The first-order valence-corrected chi connectivity index (χ1v) is 11.6. The van der Waals surface area contributed by atoms with Gasteiger partial charge in [0, 0.05) is 17.5 Å². The molecule has 9 heteroatoms. The van der Waals surface area contributed by atoms with E-state index in [1.54, 1.807) is 12.1 Å². The van der Waals surface area contributed by atoms with Crippen LogP contribution in [0.5, 0.6) is 0 Å². The average Bonchev–Trinajstić information content (AvgIpc) is 3.09. The van der Waals surface area contributed by atoms with Crippen molar-refractivity contribution < 1.29 is 18.0 Å². The van der Waals surface area contributed by atoms with Crippen LogP contribution >= 0.6 is 22.9 Å². The number of sulfone groups is 1. The van der Waals surface area contributed by atoms with Gasteiger partial charge in [-0.05, 0) is 60.3 Å². The molecule has 0 saturated carbocycles. The lowest BCUT2D eigenvalue weighted by atomic mass is 10.2. The highest BCUT2D eigenvalue weighted by Gasteiger charge is 2.14. The lowest BCUT2D eigenvalue weighted by molar-refractivity contribution is 0.101. The van der Waals surface area contributed by atoms with Gasteiger partial charge < -0.3 is 10.6 Å². The summed E-state index contributed by atoms with van der Waals surface area (Å²) < 4.78 is 23.3. The lowest BCUT2D eigenvalue weighted by Crippen LogP contribution is -2.14.